The maximum Gasteiger partial charge on any atom is 0.162 e. The van der Waals surface area contributed by atoms with Crippen LogP contribution in [-0.4, -0.2) is 58.6 Å². The van der Waals surface area contributed by atoms with Crippen molar-refractivity contribution in [3.63, 3.8) is 0 Å². The van der Waals surface area contributed by atoms with Crippen LogP contribution >= 0.6 is 0 Å². The Morgan fingerprint density at radius 3 is 1.63 bits per heavy atom. The van der Waals surface area contributed by atoms with Gasteiger partial charge in [-0.05, 0) is 30.3 Å². The molecule has 3 rings (SSSR count). The van der Waals surface area contributed by atoms with E-state index in [9.17, 15) is 4.79 Å². The number of Topliss-reactive ketones (excluding diaryl/α,β-unsaturated/α-hetero) is 1. The highest BCUT2D eigenvalue weighted by Crippen LogP contribution is 2.29. The van der Waals surface area contributed by atoms with E-state index in [1.807, 2.05) is 31.2 Å². The molecular weight excluding hydrogens is 388 g/mol. The molecule has 7 heteroatoms. The van der Waals surface area contributed by atoms with Crippen LogP contribution in [0.2, 0.25) is 0 Å². The van der Waals surface area contributed by atoms with Gasteiger partial charge >= 0.3 is 0 Å². The minimum absolute atomic E-state index is 0.0536. The highest BCUT2D eigenvalue weighted by Gasteiger charge is 2.11. The first-order valence-electron chi connectivity index (χ1n) is 10.2. The summed E-state index contributed by atoms with van der Waals surface area (Å²) in [6.45, 7) is 4.94. The van der Waals surface area contributed by atoms with E-state index in [1.54, 1.807) is 18.2 Å². The maximum atomic E-state index is 12.0. The molecule has 1 heterocycles. The zero-order valence-corrected chi connectivity index (χ0v) is 17.3. The molecule has 0 aromatic heterocycles. The molecule has 30 heavy (non-hydrogen) atoms. The van der Waals surface area contributed by atoms with Crippen molar-refractivity contribution in [3.05, 3.63) is 48.0 Å². The number of carbonyl (C=O) groups is 1. The van der Waals surface area contributed by atoms with Crippen LogP contribution in [0.4, 0.5) is 0 Å². The van der Waals surface area contributed by atoms with Crippen molar-refractivity contribution in [1.29, 1.82) is 0 Å². The Bertz CT molecular complexity index is 806. The Kier molecular flexibility index (Phi) is 8.80. The summed E-state index contributed by atoms with van der Waals surface area (Å²) in [6.07, 6.45) is 0.432. The molecular formula is C23H28O7. The van der Waals surface area contributed by atoms with Gasteiger partial charge in [-0.15, -0.1) is 0 Å². The van der Waals surface area contributed by atoms with Crippen LogP contribution in [0.25, 0.3) is 0 Å². The molecule has 162 valence electrons. The van der Waals surface area contributed by atoms with Gasteiger partial charge in [0.15, 0.2) is 28.8 Å². The highest BCUT2D eigenvalue weighted by molar-refractivity contribution is 5.96. The largest absolute Gasteiger partial charge is 0.487 e. The molecule has 7 nitrogen and oxygen atoms in total. The first-order chi connectivity index (χ1) is 14.8. The second-order valence-electron chi connectivity index (χ2n) is 6.50. The normalized spacial score (nSPS) is 16.2. The molecule has 0 saturated heterocycles. The van der Waals surface area contributed by atoms with Gasteiger partial charge in [-0.1, -0.05) is 19.1 Å². The molecule has 0 N–H and O–H groups in total. The number of benzene rings is 2. The van der Waals surface area contributed by atoms with Crippen LogP contribution in [0.5, 0.6) is 23.0 Å². The average Bonchev–Trinajstić information content (AvgIpc) is 2.78. The molecule has 0 radical (unpaired) electrons. The number of hydrogen-bond acceptors (Lipinski definition) is 7. The summed E-state index contributed by atoms with van der Waals surface area (Å²) in [5.74, 6) is 2.49. The van der Waals surface area contributed by atoms with E-state index >= 15 is 0 Å². The van der Waals surface area contributed by atoms with Crippen molar-refractivity contribution in [2.75, 3.05) is 52.9 Å². The molecule has 0 unspecified atom stereocenters. The van der Waals surface area contributed by atoms with Gasteiger partial charge in [-0.3, -0.25) is 4.79 Å². The van der Waals surface area contributed by atoms with E-state index in [4.69, 9.17) is 28.4 Å². The summed E-state index contributed by atoms with van der Waals surface area (Å²) in [5, 5.41) is 0. The SMILES string of the molecule is CCC(=O)c1ccc2c(c1)OCCOCCOc1ccccc1OCCOCCO2. The number of ether oxygens (including phenoxy) is 6. The van der Waals surface area contributed by atoms with Crippen LogP contribution in [0.15, 0.2) is 42.5 Å². The van der Waals surface area contributed by atoms with Crippen molar-refractivity contribution in [1.82, 2.24) is 0 Å². The van der Waals surface area contributed by atoms with E-state index in [-0.39, 0.29) is 5.78 Å². The van der Waals surface area contributed by atoms with Crippen LogP contribution in [0.1, 0.15) is 23.7 Å². The number of hydrogen-bond donors (Lipinski definition) is 0. The predicted octanol–water partition coefficient (Wildman–Crippen LogP) is 3.54. The lowest BCUT2D eigenvalue weighted by Crippen LogP contribution is -2.15. The van der Waals surface area contributed by atoms with E-state index in [0.29, 0.717) is 87.8 Å². The van der Waals surface area contributed by atoms with Crippen molar-refractivity contribution in [3.8, 4) is 23.0 Å². The second kappa shape index (κ2) is 12.0. The molecule has 0 saturated carbocycles. The molecule has 0 spiro atoms. The smallest absolute Gasteiger partial charge is 0.162 e. The van der Waals surface area contributed by atoms with Gasteiger partial charge in [0.25, 0.3) is 0 Å². The third-order valence-electron chi connectivity index (χ3n) is 4.38. The summed E-state index contributed by atoms with van der Waals surface area (Å²) in [6, 6.07) is 12.7. The minimum Gasteiger partial charge on any atom is -0.487 e. The van der Waals surface area contributed by atoms with Crippen LogP contribution < -0.4 is 18.9 Å². The third kappa shape index (κ3) is 6.64. The number of carbonyl (C=O) groups excluding carboxylic acids is 1. The number of fused-ring (bicyclic) bond motifs is 2. The second-order valence-corrected chi connectivity index (χ2v) is 6.50. The topological polar surface area (TPSA) is 72.5 Å². The fourth-order valence-corrected chi connectivity index (χ4v) is 2.85. The lowest BCUT2D eigenvalue weighted by molar-refractivity contribution is 0.0640. The lowest BCUT2D eigenvalue weighted by atomic mass is 10.1. The monoisotopic (exact) mass is 416 g/mol. The maximum absolute atomic E-state index is 12.0. The number of para-hydroxylation sites is 2. The molecule has 2 aromatic carbocycles. The van der Waals surface area contributed by atoms with Gasteiger partial charge in [-0.2, -0.15) is 0 Å². The van der Waals surface area contributed by atoms with E-state index in [0.717, 1.165) is 0 Å². The Morgan fingerprint density at radius 2 is 1.13 bits per heavy atom. The number of ketones is 1. The summed E-state index contributed by atoms with van der Waals surface area (Å²) in [7, 11) is 0. The molecule has 1 aliphatic rings. The van der Waals surface area contributed by atoms with Crippen molar-refractivity contribution in [2.45, 2.75) is 13.3 Å². The molecule has 2 aromatic rings. The summed E-state index contributed by atoms with van der Waals surface area (Å²) in [5.41, 5.74) is 0.600. The first-order valence-corrected chi connectivity index (χ1v) is 10.2. The van der Waals surface area contributed by atoms with E-state index < -0.39 is 0 Å². The molecule has 0 aliphatic carbocycles. The van der Waals surface area contributed by atoms with Crippen molar-refractivity contribution >= 4 is 5.78 Å². The zero-order chi connectivity index (χ0) is 21.0. The Morgan fingerprint density at radius 1 is 0.667 bits per heavy atom. The van der Waals surface area contributed by atoms with E-state index in [1.165, 1.54) is 0 Å². The van der Waals surface area contributed by atoms with E-state index in [2.05, 4.69) is 0 Å². The molecule has 0 amide bonds. The zero-order valence-electron chi connectivity index (χ0n) is 17.3. The van der Waals surface area contributed by atoms with Gasteiger partial charge in [0.05, 0.1) is 26.4 Å². The van der Waals surface area contributed by atoms with Gasteiger partial charge in [0.2, 0.25) is 0 Å². The molecule has 0 fully saturated rings. The third-order valence-corrected chi connectivity index (χ3v) is 4.38. The standard InChI is InChI=1S/C23H28O7/c1-2-19(24)18-7-8-22-23(17-18)30-16-12-26-10-14-28-21-6-4-3-5-20(21)27-13-9-25-11-15-29-22/h3-8,17H,2,9-16H2,1H3. The molecule has 1 aliphatic heterocycles. The lowest BCUT2D eigenvalue weighted by Gasteiger charge is -2.16. The van der Waals surface area contributed by atoms with Gasteiger partial charge < -0.3 is 28.4 Å². The van der Waals surface area contributed by atoms with Gasteiger partial charge in [0.1, 0.15) is 26.4 Å². The summed E-state index contributed by atoms with van der Waals surface area (Å²) in [4.78, 5) is 12.0. The van der Waals surface area contributed by atoms with Gasteiger partial charge in [0, 0.05) is 12.0 Å². The Labute approximate surface area is 176 Å². The molecule has 0 bridgehead atoms. The predicted molar refractivity (Wildman–Crippen MR) is 111 cm³/mol. The van der Waals surface area contributed by atoms with Crippen molar-refractivity contribution < 1.29 is 33.2 Å². The van der Waals surface area contributed by atoms with Crippen LogP contribution in [-0.2, 0) is 9.47 Å². The minimum atomic E-state index is 0.0536. The summed E-state index contributed by atoms with van der Waals surface area (Å²) >= 11 is 0. The average molecular weight is 416 g/mol. The fourth-order valence-electron chi connectivity index (χ4n) is 2.85. The highest BCUT2D eigenvalue weighted by atomic mass is 16.6. The first kappa shape index (κ1) is 21.9. The molecule has 0 atom stereocenters. The van der Waals surface area contributed by atoms with Crippen molar-refractivity contribution in [2.24, 2.45) is 0 Å². The number of rotatable bonds is 2. The quantitative estimate of drug-likeness (QED) is 0.694. The summed E-state index contributed by atoms with van der Waals surface area (Å²) < 4.78 is 34.3. The van der Waals surface area contributed by atoms with Crippen LogP contribution in [0, 0.1) is 0 Å². The van der Waals surface area contributed by atoms with Crippen LogP contribution in [0.3, 0.4) is 0 Å². The van der Waals surface area contributed by atoms with Gasteiger partial charge in [-0.25, -0.2) is 0 Å². The Hall–Kier alpha value is -2.77. The Balaban J connectivity index is 1.62. The fraction of sp³-hybridized carbons (Fsp3) is 0.435.